The van der Waals surface area contributed by atoms with Gasteiger partial charge in [0.25, 0.3) is 0 Å². The van der Waals surface area contributed by atoms with Gasteiger partial charge in [0.15, 0.2) is 0 Å². The van der Waals surface area contributed by atoms with E-state index in [-0.39, 0.29) is 6.54 Å². The van der Waals surface area contributed by atoms with Crippen molar-refractivity contribution in [3.05, 3.63) is 18.0 Å². The number of nitrogens with zero attached hydrogens (tertiary/aromatic N) is 3. The molecule has 1 fully saturated rings. The van der Waals surface area contributed by atoms with Crippen LogP contribution in [0, 0.1) is 5.41 Å². The molecule has 1 aliphatic rings. The molecule has 0 amide bonds. The van der Waals surface area contributed by atoms with Gasteiger partial charge < -0.3 is 15.1 Å². The first-order valence-electron chi connectivity index (χ1n) is 7.50. The first-order chi connectivity index (χ1) is 10.0. The molecule has 1 aliphatic heterocycles. The summed E-state index contributed by atoms with van der Waals surface area (Å²) < 4.78 is 0. The maximum absolute atomic E-state index is 11.7. The molecule has 0 aromatic carbocycles. The molecule has 0 saturated carbocycles. The van der Waals surface area contributed by atoms with Gasteiger partial charge >= 0.3 is 5.97 Å². The van der Waals surface area contributed by atoms with Gasteiger partial charge in [-0.15, -0.1) is 0 Å². The van der Waals surface area contributed by atoms with Gasteiger partial charge in [-0.2, -0.15) is 0 Å². The average Bonchev–Trinajstić information content (AvgIpc) is 2.49. The number of aliphatic hydroxyl groups excluding tert-OH is 1. The Balaban J connectivity index is 2.24. The fourth-order valence-corrected chi connectivity index (χ4v) is 2.95. The minimum Gasteiger partial charge on any atom is -0.481 e. The second kappa shape index (κ2) is 6.39. The molecule has 1 aromatic heterocycles. The number of carboxylic acid groups (broad SMARTS) is 1. The molecule has 6 nitrogen and oxygen atoms in total. The zero-order valence-electron chi connectivity index (χ0n) is 12.6. The number of aryl methyl sites for hydroxylation is 1. The summed E-state index contributed by atoms with van der Waals surface area (Å²) in [5.74, 6) is -0.396. The Bertz CT molecular complexity index is 491. The largest absolute Gasteiger partial charge is 0.481 e. The summed E-state index contributed by atoms with van der Waals surface area (Å²) >= 11 is 0. The van der Waals surface area contributed by atoms with Gasteiger partial charge in [0.05, 0.1) is 6.10 Å². The van der Waals surface area contributed by atoms with Crippen molar-refractivity contribution in [3.8, 4) is 0 Å². The molecule has 6 heteroatoms. The Morgan fingerprint density at radius 2 is 2.10 bits per heavy atom. The molecule has 0 bridgehead atoms. The van der Waals surface area contributed by atoms with Crippen molar-refractivity contribution in [1.82, 2.24) is 9.97 Å². The molecule has 0 radical (unpaired) electrons. The van der Waals surface area contributed by atoms with Gasteiger partial charge in [-0.25, -0.2) is 9.97 Å². The predicted molar refractivity (Wildman–Crippen MR) is 79.2 cm³/mol. The van der Waals surface area contributed by atoms with Gasteiger partial charge in [-0.05, 0) is 24.8 Å². The minimum absolute atomic E-state index is 0.253. The van der Waals surface area contributed by atoms with Gasteiger partial charge in [0.2, 0.25) is 5.95 Å². The summed E-state index contributed by atoms with van der Waals surface area (Å²) in [5.41, 5.74) is -0.0753. The molecule has 1 aromatic rings. The zero-order valence-corrected chi connectivity index (χ0v) is 12.6. The highest BCUT2D eigenvalue weighted by Crippen LogP contribution is 2.36. The number of hydrogen-bond donors (Lipinski definition) is 2. The molecule has 0 spiro atoms. The number of carbonyl (C=O) groups is 1. The first-order valence-corrected chi connectivity index (χ1v) is 7.50. The van der Waals surface area contributed by atoms with Gasteiger partial charge in [0.1, 0.15) is 5.41 Å². The van der Waals surface area contributed by atoms with E-state index in [1.54, 1.807) is 12.4 Å². The molecular formula is C15H23N3O3. The minimum atomic E-state index is -1.13. The van der Waals surface area contributed by atoms with Crippen molar-refractivity contribution in [2.24, 2.45) is 5.41 Å². The van der Waals surface area contributed by atoms with Crippen LogP contribution in [0.4, 0.5) is 5.95 Å². The summed E-state index contributed by atoms with van der Waals surface area (Å²) in [6.45, 7) is 4.80. The number of anilines is 1. The van der Waals surface area contributed by atoms with Gasteiger partial charge in [-0.3, -0.25) is 4.79 Å². The van der Waals surface area contributed by atoms with Crippen molar-refractivity contribution >= 4 is 11.9 Å². The van der Waals surface area contributed by atoms with Crippen LogP contribution < -0.4 is 4.90 Å². The number of aliphatic hydroxyl groups is 1. The van der Waals surface area contributed by atoms with Crippen LogP contribution in [-0.2, 0) is 11.2 Å². The number of aromatic nitrogens is 2. The van der Waals surface area contributed by atoms with Gasteiger partial charge in [-0.1, -0.05) is 20.3 Å². The van der Waals surface area contributed by atoms with Crippen LogP contribution in [0.15, 0.2) is 12.4 Å². The maximum Gasteiger partial charge on any atom is 0.314 e. The molecule has 21 heavy (non-hydrogen) atoms. The molecule has 2 N–H and O–H groups in total. The standard InChI is InChI=1S/C15H23N3O3/c1-3-6-15(13(20)21)10-18(7-5-12(15)19)14-16-8-11(4-2)9-17-14/h8-9,12,19H,3-7,10H2,1-2H3,(H,20,21)/t12-,15-/m0/s1. The second-order valence-corrected chi connectivity index (χ2v) is 5.68. The third kappa shape index (κ3) is 3.00. The smallest absolute Gasteiger partial charge is 0.314 e. The highest BCUT2D eigenvalue weighted by atomic mass is 16.4. The molecule has 0 aliphatic carbocycles. The number of piperidine rings is 1. The summed E-state index contributed by atoms with van der Waals surface area (Å²) in [7, 11) is 0. The summed E-state index contributed by atoms with van der Waals surface area (Å²) in [5, 5.41) is 19.8. The summed E-state index contributed by atoms with van der Waals surface area (Å²) in [6.07, 6.45) is 5.19. The van der Waals surface area contributed by atoms with E-state index in [9.17, 15) is 15.0 Å². The summed E-state index contributed by atoms with van der Waals surface area (Å²) in [6, 6.07) is 0. The van der Waals surface area contributed by atoms with Crippen LogP contribution in [0.5, 0.6) is 0 Å². The lowest BCUT2D eigenvalue weighted by molar-refractivity contribution is -0.158. The Morgan fingerprint density at radius 3 is 2.62 bits per heavy atom. The molecule has 2 atom stereocenters. The lowest BCUT2D eigenvalue weighted by Gasteiger charge is -2.43. The highest BCUT2D eigenvalue weighted by Gasteiger charge is 2.48. The Hall–Kier alpha value is -1.69. The monoisotopic (exact) mass is 293 g/mol. The van der Waals surface area contributed by atoms with Crippen molar-refractivity contribution in [2.45, 2.75) is 45.6 Å². The van der Waals surface area contributed by atoms with E-state index >= 15 is 0 Å². The quantitative estimate of drug-likeness (QED) is 0.855. The number of carboxylic acids is 1. The fraction of sp³-hybridized carbons (Fsp3) is 0.667. The maximum atomic E-state index is 11.7. The normalized spacial score (nSPS) is 25.9. The van der Waals surface area contributed by atoms with Gasteiger partial charge in [0, 0.05) is 25.5 Å². The highest BCUT2D eigenvalue weighted by molar-refractivity contribution is 5.76. The first kappa shape index (κ1) is 15.7. The van der Waals surface area contributed by atoms with Crippen molar-refractivity contribution < 1.29 is 15.0 Å². The Morgan fingerprint density at radius 1 is 1.43 bits per heavy atom. The van der Waals surface area contributed by atoms with E-state index in [1.165, 1.54) is 0 Å². The molecule has 1 saturated heterocycles. The molecular weight excluding hydrogens is 270 g/mol. The van der Waals surface area contributed by atoms with Crippen molar-refractivity contribution in [1.29, 1.82) is 0 Å². The van der Waals surface area contributed by atoms with Crippen LogP contribution in [-0.4, -0.2) is 45.3 Å². The topological polar surface area (TPSA) is 86.5 Å². The Kier molecular flexibility index (Phi) is 4.77. The number of rotatable bonds is 5. The summed E-state index contributed by atoms with van der Waals surface area (Å²) in [4.78, 5) is 22.2. The SMILES string of the molecule is CCC[C@]1(C(=O)O)CN(c2ncc(CC)cn2)CC[C@@H]1O. The lowest BCUT2D eigenvalue weighted by atomic mass is 9.74. The number of aliphatic carboxylic acids is 1. The molecule has 2 heterocycles. The third-order valence-electron chi connectivity index (χ3n) is 4.29. The van der Waals surface area contributed by atoms with Crippen molar-refractivity contribution in [3.63, 3.8) is 0 Å². The second-order valence-electron chi connectivity index (χ2n) is 5.68. The molecule has 2 rings (SSSR count). The lowest BCUT2D eigenvalue weighted by Crippen LogP contribution is -2.56. The van der Waals surface area contributed by atoms with Crippen LogP contribution in [0.3, 0.4) is 0 Å². The van der Waals surface area contributed by atoms with E-state index in [0.717, 1.165) is 12.0 Å². The zero-order chi connectivity index (χ0) is 15.5. The van der Waals surface area contributed by atoms with E-state index in [0.29, 0.717) is 31.8 Å². The predicted octanol–water partition coefficient (Wildman–Crippen LogP) is 1.48. The Labute approximate surface area is 124 Å². The average molecular weight is 293 g/mol. The van der Waals surface area contributed by atoms with E-state index in [4.69, 9.17) is 0 Å². The van der Waals surface area contributed by atoms with Crippen LogP contribution in [0.25, 0.3) is 0 Å². The van der Waals surface area contributed by atoms with Crippen LogP contribution in [0.2, 0.25) is 0 Å². The molecule has 116 valence electrons. The molecule has 0 unspecified atom stereocenters. The third-order valence-corrected chi connectivity index (χ3v) is 4.29. The van der Waals surface area contributed by atoms with E-state index < -0.39 is 17.5 Å². The van der Waals surface area contributed by atoms with Crippen LogP contribution in [0.1, 0.15) is 38.7 Å². The number of hydrogen-bond acceptors (Lipinski definition) is 5. The van der Waals surface area contributed by atoms with E-state index in [1.807, 2.05) is 18.7 Å². The van der Waals surface area contributed by atoms with Crippen LogP contribution >= 0.6 is 0 Å². The van der Waals surface area contributed by atoms with Crippen molar-refractivity contribution in [2.75, 3.05) is 18.0 Å². The van der Waals surface area contributed by atoms with E-state index in [2.05, 4.69) is 9.97 Å². The fourth-order valence-electron chi connectivity index (χ4n) is 2.95.